The Morgan fingerprint density at radius 3 is 2.08 bits per heavy atom. The molecule has 0 radical (unpaired) electrons. The molecule has 0 aromatic heterocycles. The topological polar surface area (TPSA) is 66.4 Å². The zero-order chi connectivity index (χ0) is 16.9. The minimum Gasteiger partial charge on any atom is -0.481 e. The highest BCUT2D eigenvalue weighted by molar-refractivity contribution is 5.94. The maximum absolute atomic E-state index is 12.3. The van der Waals surface area contributed by atoms with Gasteiger partial charge in [-0.15, -0.1) is 0 Å². The van der Waals surface area contributed by atoms with Crippen molar-refractivity contribution >= 4 is 11.9 Å². The number of hydrogen-bond donors (Lipinski definition) is 2. The maximum Gasteiger partial charge on any atom is 0.306 e. The van der Waals surface area contributed by atoms with Crippen LogP contribution in [0, 0.1) is 5.92 Å². The van der Waals surface area contributed by atoms with Crippen LogP contribution in [0.1, 0.15) is 79.6 Å². The summed E-state index contributed by atoms with van der Waals surface area (Å²) in [6.07, 6.45) is 9.24. The van der Waals surface area contributed by atoms with E-state index in [1.165, 1.54) is 24.8 Å². The van der Waals surface area contributed by atoms with Crippen molar-refractivity contribution < 1.29 is 14.7 Å². The van der Waals surface area contributed by atoms with Crippen molar-refractivity contribution in [1.29, 1.82) is 0 Å². The number of carbonyl (C=O) groups excluding carboxylic acids is 1. The molecule has 0 unspecified atom stereocenters. The minimum absolute atomic E-state index is 0.0306. The number of amides is 1. The number of carboxylic acids is 1. The van der Waals surface area contributed by atoms with Crippen molar-refractivity contribution in [3.8, 4) is 0 Å². The zero-order valence-electron chi connectivity index (χ0n) is 14.2. The molecule has 1 aromatic rings. The van der Waals surface area contributed by atoms with Crippen LogP contribution in [0.3, 0.4) is 0 Å². The van der Waals surface area contributed by atoms with Gasteiger partial charge in [0.1, 0.15) is 0 Å². The lowest BCUT2D eigenvalue weighted by Gasteiger charge is -2.26. The molecule has 24 heavy (non-hydrogen) atoms. The third kappa shape index (κ3) is 4.16. The molecule has 0 saturated heterocycles. The first-order valence-electron chi connectivity index (χ1n) is 9.27. The molecule has 0 atom stereocenters. The molecule has 0 bridgehead atoms. The van der Waals surface area contributed by atoms with Crippen LogP contribution in [0.4, 0.5) is 0 Å². The maximum atomic E-state index is 12.3. The first-order valence-corrected chi connectivity index (χ1v) is 9.27. The number of benzene rings is 1. The van der Waals surface area contributed by atoms with E-state index < -0.39 is 5.97 Å². The average molecular weight is 329 g/mol. The van der Waals surface area contributed by atoms with Gasteiger partial charge in [0, 0.05) is 11.6 Å². The van der Waals surface area contributed by atoms with Crippen molar-refractivity contribution in [2.45, 2.75) is 69.7 Å². The second kappa shape index (κ2) is 7.82. The molecule has 2 aliphatic rings. The molecular weight excluding hydrogens is 302 g/mol. The number of hydrogen-bond acceptors (Lipinski definition) is 2. The average Bonchev–Trinajstić information content (AvgIpc) is 2.63. The largest absolute Gasteiger partial charge is 0.481 e. The first kappa shape index (κ1) is 17.0. The highest BCUT2D eigenvalue weighted by atomic mass is 16.4. The Bertz CT molecular complexity index is 567. The van der Waals surface area contributed by atoms with Crippen LogP contribution in [-0.4, -0.2) is 23.0 Å². The van der Waals surface area contributed by atoms with E-state index in [-0.39, 0.29) is 11.8 Å². The van der Waals surface area contributed by atoms with Crippen LogP contribution in [0.5, 0.6) is 0 Å². The van der Waals surface area contributed by atoms with Gasteiger partial charge in [0.05, 0.1) is 5.92 Å². The number of nitrogens with one attached hydrogen (secondary N) is 1. The molecule has 4 nitrogen and oxygen atoms in total. The molecule has 0 heterocycles. The van der Waals surface area contributed by atoms with Crippen molar-refractivity contribution in [2.75, 3.05) is 0 Å². The first-order chi connectivity index (χ1) is 11.6. The quantitative estimate of drug-likeness (QED) is 0.873. The summed E-state index contributed by atoms with van der Waals surface area (Å²) >= 11 is 0. The fourth-order valence-corrected chi connectivity index (χ4v) is 4.10. The van der Waals surface area contributed by atoms with E-state index in [4.69, 9.17) is 5.11 Å². The Morgan fingerprint density at radius 2 is 1.50 bits per heavy atom. The molecule has 0 aliphatic heterocycles. The van der Waals surface area contributed by atoms with Crippen LogP contribution < -0.4 is 5.32 Å². The van der Waals surface area contributed by atoms with Gasteiger partial charge >= 0.3 is 5.97 Å². The van der Waals surface area contributed by atoms with Gasteiger partial charge < -0.3 is 10.4 Å². The van der Waals surface area contributed by atoms with E-state index in [2.05, 4.69) is 5.32 Å². The van der Waals surface area contributed by atoms with E-state index >= 15 is 0 Å². The molecule has 2 fully saturated rings. The molecular formula is C20H27NO3. The fraction of sp³-hybridized carbons (Fsp3) is 0.600. The zero-order valence-corrected chi connectivity index (χ0v) is 14.2. The van der Waals surface area contributed by atoms with Crippen molar-refractivity contribution in [3.63, 3.8) is 0 Å². The Balaban J connectivity index is 1.55. The van der Waals surface area contributed by atoms with Gasteiger partial charge in [-0.05, 0) is 62.1 Å². The van der Waals surface area contributed by atoms with Gasteiger partial charge in [0.25, 0.3) is 5.91 Å². The van der Waals surface area contributed by atoms with E-state index in [9.17, 15) is 9.59 Å². The number of carboxylic acid groups (broad SMARTS) is 1. The third-order valence-corrected chi connectivity index (χ3v) is 5.66. The molecule has 3 rings (SSSR count). The van der Waals surface area contributed by atoms with E-state index in [1.54, 1.807) is 0 Å². The number of aliphatic carboxylic acids is 1. The van der Waals surface area contributed by atoms with Gasteiger partial charge in [-0.3, -0.25) is 9.59 Å². The summed E-state index contributed by atoms with van der Waals surface area (Å²) in [5.41, 5.74) is 1.96. The highest BCUT2D eigenvalue weighted by Gasteiger charge is 2.26. The summed E-state index contributed by atoms with van der Waals surface area (Å²) in [6, 6.07) is 8.24. The third-order valence-electron chi connectivity index (χ3n) is 5.66. The Morgan fingerprint density at radius 1 is 0.875 bits per heavy atom. The van der Waals surface area contributed by atoms with Gasteiger partial charge in [-0.25, -0.2) is 0 Å². The lowest BCUT2D eigenvalue weighted by Crippen LogP contribution is -2.36. The standard InChI is InChI=1S/C20H27NO3/c22-19(21-18-4-2-1-3-5-18)16-10-6-14(7-11-16)15-8-12-17(13-9-15)20(23)24/h6-7,10-11,15,17-18H,1-5,8-9,12-13H2,(H,21,22)(H,23,24). The Labute approximate surface area is 143 Å². The number of rotatable bonds is 4. The second-order valence-corrected chi connectivity index (χ2v) is 7.32. The monoisotopic (exact) mass is 329 g/mol. The van der Waals surface area contributed by atoms with E-state index in [0.717, 1.165) is 44.1 Å². The summed E-state index contributed by atoms with van der Waals surface area (Å²) in [6.45, 7) is 0. The minimum atomic E-state index is -0.664. The lowest BCUT2D eigenvalue weighted by atomic mass is 9.78. The van der Waals surface area contributed by atoms with Crippen molar-refractivity contribution in [1.82, 2.24) is 5.32 Å². The normalized spacial score (nSPS) is 25.2. The molecule has 2 saturated carbocycles. The summed E-state index contributed by atoms with van der Waals surface area (Å²) in [5, 5.41) is 12.2. The Hall–Kier alpha value is -1.84. The molecule has 2 N–H and O–H groups in total. The molecule has 1 aromatic carbocycles. The van der Waals surface area contributed by atoms with Crippen LogP contribution in [0.2, 0.25) is 0 Å². The lowest BCUT2D eigenvalue weighted by molar-refractivity contribution is -0.142. The predicted octanol–water partition coefficient (Wildman–Crippen LogP) is 4.11. The number of carbonyl (C=O) groups is 2. The van der Waals surface area contributed by atoms with Crippen molar-refractivity contribution in [3.05, 3.63) is 35.4 Å². The van der Waals surface area contributed by atoms with Gasteiger partial charge in [-0.2, -0.15) is 0 Å². The van der Waals surface area contributed by atoms with Gasteiger partial charge in [-0.1, -0.05) is 31.4 Å². The fourth-order valence-electron chi connectivity index (χ4n) is 4.10. The van der Waals surface area contributed by atoms with Crippen molar-refractivity contribution in [2.24, 2.45) is 5.92 Å². The van der Waals surface area contributed by atoms with Crippen LogP contribution in [0.15, 0.2) is 24.3 Å². The summed E-state index contributed by atoms with van der Waals surface area (Å²) in [5.74, 6) is -0.385. The highest BCUT2D eigenvalue weighted by Crippen LogP contribution is 2.35. The molecule has 1 amide bonds. The molecule has 4 heteroatoms. The molecule has 0 spiro atoms. The second-order valence-electron chi connectivity index (χ2n) is 7.32. The predicted molar refractivity (Wildman–Crippen MR) is 93.1 cm³/mol. The van der Waals surface area contributed by atoms with Gasteiger partial charge in [0.15, 0.2) is 0 Å². The van der Waals surface area contributed by atoms with Crippen LogP contribution >= 0.6 is 0 Å². The van der Waals surface area contributed by atoms with Gasteiger partial charge in [0.2, 0.25) is 0 Å². The van der Waals surface area contributed by atoms with Crippen LogP contribution in [-0.2, 0) is 4.79 Å². The van der Waals surface area contributed by atoms with E-state index in [1.807, 2.05) is 24.3 Å². The summed E-state index contributed by atoms with van der Waals surface area (Å²) in [4.78, 5) is 23.4. The smallest absolute Gasteiger partial charge is 0.306 e. The molecule has 2 aliphatic carbocycles. The summed E-state index contributed by atoms with van der Waals surface area (Å²) < 4.78 is 0. The molecule has 130 valence electrons. The Kier molecular flexibility index (Phi) is 5.54. The van der Waals surface area contributed by atoms with Crippen LogP contribution in [0.25, 0.3) is 0 Å². The SMILES string of the molecule is O=C(NC1CCCCC1)c1ccc(C2CCC(C(=O)O)CC2)cc1. The van der Waals surface area contributed by atoms with E-state index in [0.29, 0.717) is 12.0 Å². The summed E-state index contributed by atoms with van der Waals surface area (Å²) in [7, 11) is 0.